The minimum Gasteiger partial charge on any atom is -0.378 e. The standard InChI is InChI=1S/C18H26N2O4S/c1-18(2)9-3-4-16(18)19-25(22,23)15-7-5-14(6-8-15)17(21)20-10-12-24-13-11-20/h5-8,16,19H,3-4,9-13H2,1-2H3/t16-/m0/s1. The summed E-state index contributed by atoms with van der Waals surface area (Å²) in [5.74, 6) is -0.0860. The Balaban J connectivity index is 1.71. The molecule has 1 aliphatic carbocycles. The van der Waals surface area contributed by atoms with Crippen molar-refractivity contribution < 1.29 is 17.9 Å². The number of amides is 1. The predicted octanol–water partition coefficient (Wildman–Crippen LogP) is 2.02. The molecule has 7 heteroatoms. The normalized spacial score (nSPS) is 23.6. The van der Waals surface area contributed by atoms with Crippen LogP contribution in [0.2, 0.25) is 0 Å². The highest BCUT2D eigenvalue weighted by Crippen LogP contribution is 2.37. The summed E-state index contributed by atoms with van der Waals surface area (Å²) >= 11 is 0. The van der Waals surface area contributed by atoms with Gasteiger partial charge in [0.25, 0.3) is 5.91 Å². The van der Waals surface area contributed by atoms with E-state index in [-0.39, 0.29) is 22.3 Å². The Bertz CT molecular complexity index is 722. The molecule has 1 saturated heterocycles. The second-order valence-corrected chi connectivity index (χ2v) is 9.20. The number of hydrogen-bond donors (Lipinski definition) is 1. The lowest BCUT2D eigenvalue weighted by Gasteiger charge is -2.28. The number of rotatable bonds is 4. The zero-order chi connectivity index (χ0) is 18.1. The van der Waals surface area contributed by atoms with Gasteiger partial charge in [-0.1, -0.05) is 20.3 Å². The van der Waals surface area contributed by atoms with Gasteiger partial charge in [0.1, 0.15) is 0 Å². The van der Waals surface area contributed by atoms with Crippen molar-refractivity contribution in [3.8, 4) is 0 Å². The van der Waals surface area contributed by atoms with Gasteiger partial charge in [-0.25, -0.2) is 13.1 Å². The van der Waals surface area contributed by atoms with Crippen molar-refractivity contribution in [3.05, 3.63) is 29.8 Å². The number of carbonyl (C=O) groups excluding carboxylic acids is 1. The average Bonchev–Trinajstić information content (AvgIpc) is 2.93. The molecule has 6 nitrogen and oxygen atoms in total. The van der Waals surface area contributed by atoms with Crippen molar-refractivity contribution in [1.82, 2.24) is 9.62 Å². The molecule has 0 spiro atoms. The van der Waals surface area contributed by atoms with Crippen LogP contribution < -0.4 is 4.72 Å². The minimum absolute atomic E-state index is 0.0285. The summed E-state index contributed by atoms with van der Waals surface area (Å²) < 4.78 is 33.4. The van der Waals surface area contributed by atoms with E-state index in [1.165, 1.54) is 12.1 Å². The third-order valence-electron chi connectivity index (χ3n) is 5.26. The number of nitrogens with zero attached hydrogens (tertiary/aromatic N) is 1. The fraction of sp³-hybridized carbons (Fsp3) is 0.611. The molecule has 1 heterocycles. The van der Waals surface area contributed by atoms with E-state index in [1.54, 1.807) is 17.0 Å². The Morgan fingerprint density at radius 1 is 1.20 bits per heavy atom. The molecule has 0 unspecified atom stereocenters. The zero-order valence-corrected chi connectivity index (χ0v) is 15.6. The number of carbonyl (C=O) groups is 1. The Hall–Kier alpha value is -1.44. The van der Waals surface area contributed by atoms with Gasteiger partial charge in [0.2, 0.25) is 10.0 Å². The summed E-state index contributed by atoms with van der Waals surface area (Å²) in [6.45, 7) is 6.40. The predicted molar refractivity (Wildman–Crippen MR) is 94.9 cm³/mol. The smallest absolute Gasteiger partial charge is 0.254 e. The van der Waals surface area contributed by atoms with Crippen LogP contribution in [-0.4, -0.2) is 51.6 Å². The third-order valence-corrected chi connectivity index (χ3v) is 6.75. The van der Waals surface area contributed by atoms with Crippen LogP contribution in [0.5, 0.6) is 0 Å². The topological polar surface area (TPSA) is 75.7 Å². The molecule has 2 aliphatic rings. The summed E-state index contributed by atoms with van der Waals surface area (Å²) in [5, 5.41) is 0. The first-order valence-corrected chi connectivity index (χ1v) is 10.3. The van der Waals surface area contributed by atoms with Crippen LogP contribution in [0.4, 0.5) is 0 Å². The van der Waals surface area contributed by atoms with Gasteiger partial charge in [0.05, 0.1) is 18.1 Å². The second-order valence-electron chi connectivity index (χ2n) is 7.48. The summed E-state index contributed by atoms with van der Waals surface area (Å²) in [6, 6.07) is 6.15. The number of nitrogens with one attached hydrogen (secondary N) is 1. The van der Waals surface area contributed by atoms with Crippen molar-refractivity contribution in [1.29, 1.82) is 0 Å². The maximum Gasteiger partial charge on any atom is 0.254 e. The van der Waals surface area contributed by atoms with Crippen LogP contribution in [0.3, 0.4) is 0 Å². The number of benzene rings is 1. The third kappa shape index (κ3) is 4.04. The van der Waals surface area contributed by atoms with Crippen molar-refractivity contribution in [3.63, 3.8) is 0 Å². The van der Waals surface area contributed by atoms with E-state index in [1.807, 2.05) is 0 Å². The number of hydrogen-bond acceptors (Lipinski definition) is 4. The highest BCUT2D eigenvalue weighted by molar-refractivity contribution is 7.89. The van der Waals surface area contributed by atoms with Gasteiger partial charge in [0.15, 0.2) is 0 Å². The molecule has 25 heavy (non-hydrogen) atoms. The van der Waals surface area contributed by atoms with Crippen molar-refractivity contribution in [2.75, 3.05) is 26.3 Å². The first kappa shape index (κ1) is 18.4. The van der Waals surface area contributed by atoms with Gasteiger partial charge in [-0.2, -0.15) is 0 Å². The molecule has 1 aromatic rings. The lowest BCUT2D eigenvalue weighted by Crippen LogP contribution is -2.41. The quantitative estimate of drug-likeness (QED) is 0.884. The molecule has 2 fully saturated rings. The lowest BCUT2D eigenvalue weighted by atomic mass is 9.88. The molecule has 1 amide bonds. The van der Waals surface area contributed by atoms with Crippen LogP contribution in [0.15, 0.2) is 29.2 Å². The van der Waals surface area contributed by atoms with Crippen molar-refractivity contribution in [2.24, 2.45) is 5.41 Å². The summed E-state index contributed by atoms with van der Waals surface area (Å²) in [4.78, 5) is 14.4. The monoisotopic (exact) mass is 366 g/mol. The van der Waals surface area contributed by atoms with Crippen LogP contribution in [0.25, 0.3) is 0 Å². The van der Waals surface area contributed by atoms with E-state index in [9.17, 15) is 13.2 Å². The first-order valence-electron chi connectivity index (χ1n) is 8.79. The van der Waals surface area contributed by atoms with Crippen LogP contribution in [-0.2, 0) is 14.8 Å². The summed E-state index contributed by atoms with van der Waals surface area (Å²) in [5.41, 5.74) is 0.473. The number of sulfonamides is 1. The fourth-order valence-electron chi connectivity index (χ4n) is 3.53. The molecule has 1 N–H and O–H groups in total. The molecule has 138 valence electrons. The summed E-state index contributed by atoms with van der Waals surface area (Å²) in [6.07, 6.45) is 2.92. The molecule has 1 aromatic carbocycles. The Morgan fingerprint density at radius 3 is 2.40 bits per heavy atom. The highest BCUT2D eigenvalue weighted by atomic mass is 32.2. The molecule has 1 atom stereocenters. The maximum absolute atomic E-state index is 12.6. The average molecular weight is 366 g/mol. The number of morpholine rings is 1. The van der Waals surface area contributed by atoms with Gasteiger partial charge in [-0.15, -0.1) is 0 Å². The Kier molecular flexibility index (Phi) is 5.18. The lowest BCUT2D eigenvalue weighted by molar-refractivity contribution is 0.0303. The second kappa shape index (κ2) is 7.05. The molecule has 3 rings (SSSR count). The zero-order valence-electron chi connectivity index (χ0n) is 14.8. The van der Waals surface area contributed by atoms with Gasteiger partial charge in [-0.05, 0) is 42.5 Å². The fourth-order valence-corrected chi connectivity index (χ4v) is 4.97. The molecule has 0 radical (unpaired) electrons. The maximum atomic E-state index is 12.6. The van der Waals surface area contributed by atoms with Crippen LogP contribution >= 0.6 is 0 Å². The van der Waals surface area contributed by atoms with E-state index in [0.29, 0.717) is 31.9 Å². The van der Waals surface area contributed by atoms with E-state index in [0.717, 1.165) is 19.3 Å². The molecule has 1 saturated carbocycles. The van der Waals surface area contributed by atoms with Crippen LogP contribution in [0.1, 0.15) is 43.5 Å². The van der Waals surface area contributed by atoms with E-state index < -0.39 is 10.0 Å². The molecular weight excluding hydrogens is 340 g/mol. The molecular formula is C18H26N2O4S. The summed E-state index contributed by atoms with van der Waals surface area (Å²) in [7, 11) is -3.58. The van der Waals surface area contributed by atoms with E-state index in [2.05, 4.69) is 18.6 Å². The SMILES string of the molecule is CC1(C)CCC[C@@H]1NS(=O)(=O)c1ccc(C(=O)N2CCOCC2)cc1. The molecule has 0 bridgehead atoms. The van der Waals surface area contributed by atoms with Gasteiger partial charge in [-0.3, -0.25) is 4.79 Å². The van der Waals surface area contributed by atoms with Gasteiger partial charge in [0, 0.05) is 24.7 Å². The minimum atomic E-state index is -3.58. The Labute approximate surface area is 149 Å². The number of ether oxygens (including phenoxy) is 1. The van der Waals surface area contributed by atoms with Crippen molar-refractivity contribution >= 4 is 15.9 Å². The Morgan fingerprint density at radius 2 is 1.84 bits per heavy atom. The van der Waals surface area contributed by atoms with Crippen molar-refractivity contribution in [2.45, 2.75) is 44.0 Å². The first-order chi connectivity index (χ1) is 11.8. The van der Waals surface area contributed by atoms with E-state index in [4.69, 9.17) is 4.74 Å². The highest BCUT2D eigenvalue weighted by Gasteiger charge is 2.37. The molecule has 0 aromatic heterocycles. The van der Waals surface area contributed by atoms with Crippen LogP contribution in [0, 0.1) is 5.41 Å². The molecule has 1 aliphatic heterocycles. The van der Waals surface area contributed by atoms with Gasteiger partial charge < -0.3 is 9.64 Å². The van der Waals surface area contributed by atoms with Gasteiger partial charge >= 0.3 is 0 Å². The largest absolute Gasteiger partial charge is 0.378 e. The van der Waals surface area contributed by atoms with E-state index >= 15 is 0 Å².